The van der Waals surface area contributed by atoms with Gasteiger partial charge in [0.2, 0.25) is 0 Å². The average molecular weight is 239 g/mol. The number of alkyl halides is 3. The van der Waals surface area contributed by atoms with Crippen LogP contribution in [0.25, 0.3) is 0 Å². The van der Waals surface area contributed by atoms with Crippen LogP contribution in [0.4, 0.5) is 13.2 Å². The molecule has 0 spiro atoms. The molecule has 0 aliphatic rings. The predicted molar refractivity (Wildman–Crippen MR) is 52.0 cm³/mol. The maximum atomic E-state index is 12.2. The van der Waals surface area contributed by atoms with E-state index in [2.05, 4.69) is 10.2 Å². The summed E-state index contributed by atoms with van der Waals surface area (Å²) < 4.78 is 38.1. The summed E-state index contributed by atoms with van der Waals surface area (Å²) >= 11 is 4.86. The fourth-order valence-corrected chi connectivity index (χ4v) is 1.44. The van der Waals surface area contributed by atoms with Crippen LogP contribution in [0.15, 0.2) is 0 Å². The van der Waals surface area contributed by atoms with Gasteiger partial charge in [0, 0.05) is 6.54 Å². The van der Waals surface area contributed by atoms with Gasteiger partial charge in [0.15, 0.2) is 4.77 Å². The van der Waals surface area contributed by atoms with Crippen LogP contribution in [0, 0.1) is 10.7 Å². The van der Waals surface area contributed by atoms with E-state index in [-0.39, 0.29) is 16.5 Å². The van der Waals surface area contributed by atoms with E-state index in [0.29, 0.717) is 6.54 Å². The van der Waals surface area contributed by atoms with Crippen LogP contribution in [-0.2, 0) is 13.0 Å². The minimum atomic E-state index is -4.25. The van der Waals surface area contributed by atoms with Crippen molar-refractivity contribution >= 4 is 12.2 Å². The molecular formula is C8H12F3N3S. The minimum Gasteiger partial charge on any atom is -0.304 e. The lowest BCUT2D eigenvalue weighted by atomic mass is 10.2. The first-order chi connectivity index (χ1) is 6.79. The highest BCUT2D eigenvalue weighted by Crippen LogP contribution is 2.20. The van der Waals surface area contributed by atoms with Crippen molar-refractivity contribution in [1.29, 1.82) is 0 Å². The van der Waals surface area contributed by atoms with Crippen molar-refractivity contribution in [2.45, 2.75) is 33.0 Å². The molecule has 3 nitrogen and oxygen atoms in total. The van der Waals surface area contributed by atoms with E-state index in [1.807, 2.05) is 13.8 Å². The smallest absolute Gasteiger partial charge is 0.304 e. The molecule has 0 aromatic carbocycles. The first-order valence-corrected chi connectivity index (χ1v) is 4.91. The van der Waals surface area contributed by atoms with Gasteiger partial charge in [0.25, 0.3) is 0 Å². The van der Waals surface area contributed by atoms with Gasteiger partial charge in [-0.25, -0.2) is 0 Å². The van der Waals surface area contributed by atoms with Crippen molar-refractivity contribution in [1.82, 2.24) is 14.8 Å². The summed E-state index contributed by atoms with van der Waals surface area (Å²) in [6.07, 6.45) is -5.30. The average Bonchev–Trinajstić information content (AvgIpc) is 2.32. The summed E-state index contributed by atoms with van der Waals surface area (Å²) in [6, 6.07) is 0. The Bertz CT molecular complexity index is 377. The quantitative estimate of drug-likeness (QED) is 0.823. The van der Waals surface area contributed by atoms with Crippen LogP contribution >= 0.6 is 12.2 Å². The largest absolute Gasteiger partial charge is 0.396 e. The van der Waals surface area contributed by atoms with E-state index in [4.69, 9.17) is 12.2 Å². The van der Waals surface area contributed by atoms with Gasteiger partial charge in [0.05, 0.1) is 0 Å². The molecule has 86 valence electrons. The van der Waals surface area contributed by atoms with E-state index in [1.165, 1.54) is 4.57 Å². The number of hydrogen-bond acceptors (Lipinski definition) is 2. The first kappa shape index (κ1) is 12.2. The molecule has 1 rings (SSSR count). The second kappa shape index (κ2) is 4.34. The lowest BCUT2D eigenvalue weighted by Gasteiger charge is -2.10. The van der Waals surface area contributed by atoms with Crippen LogP contribution in [0.1, 0.15) is 19.7 Å². The monoisotopic (exact) mass is 239 g/mol. The number of aromatic amines is 1. The van der Waals surface area contributed by atoms with Gasteiger partial charge in [0.1, 0.15) is 12.2 Å². The highest BCUT2D eigenvalue weighted by molar-refractivity contribution is 7.71. The first-order valence-electron chi connectivity index (χ1n) is 4.50. The Morgan fingerprint density at radius 2 is 2.07 bits per heavy atom. The van der Waals surface area contributed by atoms with E-state index in [1.54, 1.807) is 0 Å². The molecule has 1 N–H and O–H groups in total. The van der Waals surface area contributed by atoms with Crippen molar-refractivity contribution in [3.63, 3.8) is 0 Å². The summed E-state index contributed by atoms with van der Waals surface area (Å²) in [4.78, 5) is 0. The molecule has 0 saturated carbocycles. The van der Waals surface area contributed by atoms with Crippen molar-refractivity contribution in [2.75, 3.05) is 0 Å². The van der Waals surface area contributed by atoms with Crippen molar-refractivity contribution < 1.29 is 13.2 Å². The standard InChI is InChI=1S/C8H12F3N3S/c1-5(2)4-14-6(3-8(9,10)11)12-13-7(14)15/h5H,3-4H2,1-2H3,(H,13,15). The van der Waals surface area contributed by atoms with Gasteiger partial charge in [-0.15, -0.1) is 0 Å². The molecule has 1 aromatic rings. The molecule has 1 heterocycles. The van der Waals surface area contributed by atoms with E-state index < -0.39 is 12.6 Å². The zero-order chi connectivity index (χ0) is 11.6. The fourth-order valence-electron chi connectivity index (χ4n) is 1.22. The Morgan fingerprint density at radius 1 is 1.47 bits per heavy atom. The Balaban J connectivity index is 2.94. The van der Waals surface area contributed by atoms with Crippen LogP contribution in [-0.4, -0.2) is 20.9 Å². The number of nitrogens with zero attached hydrogens (tertiary/aromatic N) is 2. The minimum absolute atomic E-state index is 0.0544. The second-order valence-corrected chi connectivity index (χ2v) is 4.13. The van der Waals surface area contributed by atoms with Crippen LogP contribution in [0.2, 0.25) is 0 Å². The summed E-state index contributed by atoms with van der Waals surface area (Å²) in [5.41, 5.74) is 0. The Labute approximate surface area is 90.3 Å². The van der Waals surface area contributed by atoms with Crippen LogP contribution in [0.5, 0.6) is 0 Å². The summed E-state index contributed by atoms with van der Waals surface area (Å²) in [7, 11) is 0. The molecule has 0 unspecified atom stereocenters. The number of rotatable bonds is 3. The third-order valence-corrected chi connectivity index (χ3v) is 2.06. The van der Waals surface area contributed by atoms with E-state index in [9.17, 15) is 13.2 Å². The number of halogens is 3. The lowest BCUT2D eigenvalue weighted by Crippen LogP contribution is -2.17. The van der Waals surface area contributed by atoms with Gasteiger partial charge < -0.3 is 4.57 Å². The maximum absolute atomic E-state index is 12.2. The normalized spacial score (nSPS) is 12.4. The number of aromatic nitrogens is 3. The summed E-state index contributed by atoms with van der Waals surface area (Å²) in [6.45, 7) is 4.26. The van der Waals surface area contributed by atoms with Crippen molar-refractivity contribution in [3.05, 3.63) is 10.6 Å². The molecule has 0 bridgehead atoms. The van der Waals surface area contributed by atoms with E-state index >= 15 is 0 Å². The molecule has 0 radical (unpaired) electrons. The van der Waals surface area contributed by atoms with Gasteiger partial charge in [-0.1, -0.05) is 13.8 Å². The number of nitrogens with one attached hydrogen (secondary N) is 1. The van der Waals surface area contributed by atoms with Crippen LogP contribution < -0.4 is 0 Å². The Kier molecular flexibility index (Phi) is 3.54. The molecule has 1 aromatic heterocycles. The summed E-state index contributed by atoms with van der Waals surface area (Å²) in [5, 5.41) is 5.96. The topological polar surface area (TPSA) is 33.6 Å². The van der Waals surface area contributed by atoms with Crippen molar-refractivity contribution in [2.24, 2.45) is 5.92 Å². The van der Waals surface area contributed by atoms with Crippen molar-refractivity contribution in [3.8, 4) is 0 Å². The second-order valence-electron chi connectivity index (χ2n) is 3.74. The zero-order valence-electron chi connectivity index (χ0n) is 8.43. The molecule has 7 heteroatoms. The molecule has 0 amide bonds. The molecular weight excluding hydrogens is 227 g/mol. The molecule has 0 aliphatic carbocycles. The zero-order valence-corrected chi connectivity index (χ0v) is 9.24. The number of H-pyrrole nitrogens is 1. The summed E-state index contributed by atoms with van der Waals surface area (Å²) in [5.74, 6) is 0.169. The Hall–Kier alpha value is -0.850. The molecule has 0 aliphatic heterocycles. The maximum Gasteiger partial charge on any atom is 0.396 e. The SMILES string of the molecule is CC(C)Cn1c(CC(F)(F)F)n[nH]c1=S. The van der Waals surface area contributed by atoms with Gasteiger partial charge in [-0.05, 0) is 18.1 Å². The predicted octanol–water partition coefficient (Wildman–Crippen LogP) is 2.70. The molecule has 0 saturated heterocycles. The molecule has 15 heavy (non-hydrogen) atoms. The Morgan fingerprint density at radius 3 is 2.53 bits per heavy atom. The molecule has 0 fully saturated rings. The molecule has 0 atom stereocenters. The van der Waals surface area contributed by atoms with Gasteiger partial charge >= 0.3 is 6.18 Å². The third-order valence-electron chi connectivity index (χ3n) is 1.74. The fraction of sp³-hybridized carbons (Fsp3) is 0.750. The van der Waals surface area contributed by atoms with Crippen LogP contribution in [0.3, 0.4) is 0 Å². The van der Waals surface area contributed by atoms with Gasteiger partial charge in [-0.3, -0.25) is 5.10 Å². The highest BCUT2D eigenvalue weighted by atomic mass is 32.1. The highest BCUT2D eigenvalue weighted by Gasteiger charge is 2.30. The van der Waals surface area contributed by atoms with E-state index in [0.717, 1.165) is 0 Å². The number of hydrogen-bond donors (Lipinski definition) is 1. The lowest BCUT2D eigenvalue weighted by molar-refractivity contribution is -0.129. The van der Waals surface area contributed by atoms with Gasteiger partial charge in [-0.2, -0.15) is 18.3 Å². The third kappa shape index (κ3) is 3.65.